The van der Waals surface area contributed by atoms with Crippen molar-refractivity contribution in [3.8, 4) is 0 Å². The summed E-state index contributed by atoms with van der Waals surface area (Å²) in [6, 6.07) is 0. The second-order valence-corrected chi connectivity index (χ2v) is 2.13. The fourth-order valence-electron chi connectivity index (χ4n) is 0.102. The molecule has 0 radical (unpaired) electrons. The summed E-state index contributed by atoms with van der Waals surface area (Å²) in [5.74, 6) is -0.968. The first-order chi connectivity index (χ1) is 2.77. The van der Waals surface area contributed by atoms with Gasteiger partial charge in [-0.1, -0.05) is 0 Å². The summed E-state index contributed by atoms with van der Waals surface area (Å²) >= 11 is -0.449. The van der Waals surface area contributed by atoms with Gasteiger partial charge in [0.1, 0.15) is 0 Å². The van der Waals surface area contributed by atoms with Crippen LogP contribution in [0.15, 0.2) is 0 Å². The average Bonchev–Trinajstić information content (AvgIpc) is 1.35. The van der Waals surface area contributed by atoms with Crippen LogP contribution in [0, 0.1) is 0 Å². The van der Waals surface area contributed by atoms with Crippen molar-refractivity contribution in [2.45, 2.75) is 4.73 Å². The minimum atomic E-state index is -0.968. The van der Waals surface area contributed by atoms with Crippen LogP contribution in [0.5, 0.6) is 0 Å². The maximum absolute atomic E-state index is 9.48. The first kappa shape index (κ1) is 6.05. The summed E-state index contributed by atoms with van der Waals surface area (Å²) < 4.78 is 0.194. The summed E-state index contributed by atoms with van der Waals surface area (Å²) in [6.07, 6.45) is 0. The number of aliphatic carboxylic acids is 1. The maximum atomic E-state index is 9.48. The van der Waals surface area contributed by atoms with Gasteiger partial charge in [-0.25, -0.2) is 0 Å². The molecule has 3 heteroatoms. The van der Waals surface area contributed by atoms with Gasteiger partial charge in [0, 0.05) is 0 Å². The summed E-state index contributed by atoms with van der Waals surface area (Å²) in [5, 5.41) is 9.48. The van der Waals surface area contributed by atoms with E-state index in [1.165, 1.54) is 0 Å². The summed E-state index contributed by atoms with van der Waals surface area (Å²) in [6.45, 7) is 0. The third-order valence-electron chi connectivity index (χ3n) is 0.269. The van der Waals surface area contributed by atoms with Gasteiger partial charge < -0.3 is 0 Å². The zero-order valence-corrected chi connectivity index (χ0v) is 4.79. The molecule has 0 aliphatic rings. The van der Waals surface area contributed by atoms with E-state index in [1.807, 2.05) is 0 Å². The van der Waals surface area contributed by atoms with Crippen molar-refractivity contribution in [1.29, 1.82) is 0 Å². The number of carbonyl (C=O) groups excluding carboxylic acids is 1. The zero-order chi connectivity index (χ0) is 4.99. The van der Waals surface area contributed by atoms with E-state index < -0.39 is 24.7 Å². The Labute approximate surface area is 44.6 Å². The van der Waals surface area contributed by atoms with Crippen molar-refractivity contribution < 1.29 is 28.6 Å². The number of hydrogen-bond acceptors (Lipinski definition) is 2. The van der Waals surface area contributed by atoms with Gasteiger partial charge in [-0.05, 0) is 0 Å². The molecule has 0 unspecified atom stereocenters. The third kappa shape index (κ3) is 4.05. The monoisotopic (exact) mass is 120 g/mol. The predicted molar refractivity (Wildman–Crippen MR) is 16.9 cm³/mol. The van der Waals surface area contributed by atoms with Gasteiger partial charge in [-0.3, -0.25) is 0 Å². The number of rotatable bonds is 2. The minimum absolute atomic E-state index is 0.194. The molecule has 0 bridgehead atoms. The van der Waals surface area contributed by atoms with Crippen LogP contribution < -0.4 is 5.11 Å². The van der Waals surface area contributed by atoms with Gasteiger partial charge in [-0.15, -0.1) is 0 Å². The van der Waals surface area contributed by atoms with Crippen LogP contribution in [0.4, 0.5) is 0 Å². The van der Waals surface area contributed by atoms with Crippen molar-refractivity contribution in [2.75, 3.05) is 0 Å². The Kier molecular flexibility index (Phi) is 3.28. The number of carboxylic acid groups (broad SMARTS) is 1. The van der Waals surface area contributed by atoms with E-state index >= 15 is 0 Å². The van der Waals surface area contributed by atoms with Crippen molar-refractivity contribution >= 4 is 10.8 Å². The molecule has 0 fully saturated rings. The Hall–Kier alpha value is 0.0543. The summed E-state index contributed by atoms with van der Waals surface area (Å²) in [7, 11) is 0. The van der Waals surface area contributed by atoms with Crippen LogP contribution >= 0.6 is 0 Å². The van der Waals surface area contributed by atoms with Crippen LogP contribution in [-0.4, -0.2) is 10.8 Å². The van der Waals surface area contributed by atoms with E-state index in [9.17, 15) is 9.90 Å². The standard InChI is InChI=1S/C2H3O2.CH2.Ti/c1-2(3)4;;/h1H2,(H,3,4);1H2;/p-1. The van der Waals surface area contributed by atoms with Gasteiger partial charge in [-0.2, -0.15) is 0 Å². The molecule has 0 aliphatic heterocycles. The summed E-state index contributed by atoms with van der Waals surface area (Å²) in [5.41, 5.74) is 0. The van der Waals surface area contributed by atoms with E-state index in [0.717, 1.165) is 0 Å². The molecule has 0 rings (SSSR count). The van der Waals surface area contributed by atoms with Crippen LogP contribution in [0.2, 0.25) is 4.73 Å². The van der Waals surface area contributed by atoms with Gasteiger partial charge >= 0.3 is 44.1 Å². The van der Waals surface area contributed by atoms with Crippen LogP contribution in [-0.2, 0) is 23.5 Å². The number of hydrogen-bond donors (Lipinski definition) is 0. The molecule has 0 aromatic heterocycles. The Morgan fingerprint density at radius 3 is 2.50 bits per heavy atom. The normalized spacial score (nSPS) is 6.67. The van der Waals surface area contributed by atoms with Gasteiger partial charge in [0.15, 0.2) is 0 Å². The Balaban J connectivity index is 3.05. The molecule has 0 N–H and O–H groups in total. The zero-order valence-electron chi connectivity index (χ0n) is 3.23. The second kappa shape index (κ2) is 3.25. The first-order valence-electron chi connectivity index (χ1n) is 1.47. The topological polar surface area (TPSA) is 40.1 Å². The molecule has 0 aromatic carbocycles. The van der Waals surface area contributed by atoms with E-state index in [-0.39, 0.29) is 4.73 Å². The molecule has 0 atom stereocenters. The molecule has 6 heavy (non-hydrogen) atoms. The fourth-order valence-corrected chi connectivity index (χ4v) is 0.421. The second-order valence-electron chi connectivity index (χ2n) is 0.799. The molecule has 2 nitrogen and oxygen atoms in total. The van der Waals surface area contributed by atoms with Gasteiger partial charge in [0.05, 0.1) is 0 Å². The molecule has 0 aliphatic carbocycles. The third-order valence-corrected chi connectivity index (χ3v) is 1.11. The molecular weight excluding hydrogens is 116 g/mol. The predicted octanol–water partition coefficient (Wildman–Crippen LogP) is -1.33. The van der Waals surface area contributed by atoms with Crippen molar-refractivity contribution in [3.05, 3.63) is 0 Å². The Bertz CT molecular complexity index is 69.2. The molecule has 0 heterocycles. The van der Waals surface area contributed by atoms with E-state index in [1.54, 1.807) is 0 Å². The Morgan fingerprint density at radius 1 is 2.00 bits per heavy atom. The van der Waals surface area contributed by atoms with Crippen molar-refractivity contribution in [2.24, 2.45) is 0 Å². The molecule has 0 saturated carbocycles. The van der Waals surface area contributed by atoms with Crippen LogP contribution in [0.3, 0.4) is 0 Å². The average molecular weight is 120 g/mol. The molecule has 0 amide bonds. The Morgan fingerprint density at radius 2 is 2.50 bits per heavy atom. The number of carboxylic acids is 1. The molecule has 0 aromatic rings. The SMILES string of the molecule is [CH2]=[Ti][CH2]C(=O)[O-]. The molecule has 0 spiro atoms. The molecule has 0 saturated heterocycles. The van der Waals surface area contributed by atoms with Crippen molar-refractivity contribution in [1.82, 2.24) is 0 Å². The molecule has 33 valence electrons. The van der Waals surface area contributed by atoms with E-state index in [4.69, 9.17) is 0 Å². The summed E-state index contributed by atoms with van der Waals surface area (Å²) in [4.78, 5) is 12.9. The van der Waals surface area contributed by atoms with Crippen LogP contribution in [0.25, 0.3) is 0 Å². The molecular formula is C3H4O2Ti-. The van der Waals surface area contributed by atoms with Gasteiger partial charge in [0.25, 0.3) is 0 Å². The quantitative estimate of drug-likeness (QED) is 0.423. The first-order valence-corrected chi connectivity index (χ1v) is 3.68. The van der Waals surface area contributed by atoms with Crippen LogP contribution in [0.1, 0.15) is 0 Å². The van der Waals surface area contributed by atoms with Gasteiger partial charge in [0.2, 0.25) is 0 Å². The fraction of sp³-hybridized carbons (Fsp3) is 0.333. The van der Waals surface area contributed by atoms with Crippen molar-refractivity contribution in [3.63, 3.8) is 0 Å². The van der Waals surface area contributed by atoms with E-state index in [0.29, 0.717) is 0 Å². The van der Waals surface area contributed by atoms with E-state index in [2.05, 4.69) is 4.82 Å². The number of carbonyl (C=O) groups is 1.